The van der Waals surface area contributed by atoms with Gasteiger partial charge in [0.1, 0.15) is 0 Å². The lowest BCUT2D eigenvalue weighted by atomic mass is 9.99. The number of aromatic nitrogens is 1. The van der Waals surface area contributed by atoms with Crippen LogP contribution in [0.4, 0.5) is 18.9 Å². The van der Waals surface area contributed by atoms with Gasteiger partial charge in [-0.15, -0.1) is 35.3 Å². The highest BCUT2D eigenvalue weighted by molar-refractivity contribution is 14.0. The lowest BCUT2D eigenvalue weighted by molar-refractivity contribution is -0.140. The molecule has 0 amide bonds. The first-order valence-electron chi connectivity index (χ1n) is 10.1. The molecule has 2 aromatic rings. The van der Waals surface area contributed by atoms with E-state index < -0.39 is 11.9 Å². The van der Waals surface area contributed by atoms with Gasteiger partial charge in [-0.2, -0.15) is 13.2 Å². The Hall–Kier alpha value is -1.56. The first kappa shape index (κ1) is 25.7. The molecule has 2 heterocycles. The average Bonchev–Trinajstić information content (AvgIpc) is 3.21. The standard InChI is InChI=1S/C21H28F3N5S.HI/c1-15-8-11-29(12-9-15)17-5-3-16(4-6-17)13-27-20(25-2)26-10-7-19-28-18(14-30-19)21(22,23)24;/h3-6,14-15H,7-13H2,1-2H3,(H2,25,26,27);1H. The summed E-state index contributed by atoms with van der Waals surface area (Å²) < 4.78 is 37.8. The van der Waals surface area contributed by atoms with Gasteiger partial charge in [-0.3, -0.25) is 4.99 Å². The highest BCUT2D eigenvalue weighted by atomic mass is 127. The fourth-order valence-corrected chi connectivity index (χ4v) is 4.15. The molecule has 1 aromatic carbocycles. The van der Waals surface area contributed by atoms with E-state index in [1.807, 2.05) is 0 Å². The van der Waals surface area contributed by atoms with Gasteiger partial charge in [-0.05, 0) is 36.5 Å². The van der Waals surface area contributed by atoms with Gasteiger partial charge in [0.2, 0.25) is 0 Å². The van der Waals surface area contributed by atoms with E-state index in [1.165, 1.54) is 18.5 Å². The number of guanidine groups is 1. The van der Waals surface area contributed by atoms with Crippen molar-refractivity contribution in [3.05, 3.63) is 45.9 Å². The number of thiazole rings is 1. The average molecular weight is 567 g/mol. The predicted molar refractivity (Wildman–Crippen MR) is 131 cm³/mol. The molecule has 5 nitrogen and oxygen atoms in total. The van der Waals surface area contributed by atoms with Gasteiger partial charge in [-0.1, -0.05) is 19.1 Å². The molecule has 1 fully saturated rings. The van der Waals surface area contributed by atoms with Gasteiger partial charge in [0.15, 0.2) is 11.7 Å². The lowest BCUT2D eigenvalue weighted by Crippen LogP contribution is -2.37. The van der Waals surface area contributed by atoms with E-state index in [0.29, 0.717) is 30.5 Å². The number of nitrogens with zero attached hydrogens (tertiary/aromatic N) is 3. The number of anilines is 1. The Morgan fingerprint density at radius 2 is 1.87 bits per heavy atom. The lowest BCUT2D eigenvalue weighted by Gasteiger charge is -2.32. The Balaban J connectivity index is 0.00000341. The Bertz CT molecular complexity index is 830. The maximum atomic E-state index is 12.6. The van der Waals surface area contributed by atoms with Crippen LogP contribution in [0.1, 0.15) is 36.0 Å². The fraction of sp³-hybridized carbons (Fsp3) is 0.524. The van der Waals surface area contributed by atoms with Gasteiger partial charge >= 0.3 is 6.18 Å². The maximum absolute atomic E-state index is 12.6. The summed E-state index contributed by atoms with van der Waals surface area (Å²) in [4.78, 5) is 10.2. The van der Waals surface area contributed by atoms with E-state index in [2.05, 4.69) is 56.7 Å². The van der Waals surface area contributed by atoms with Crippen molar-refractivity contribution in [1.82, 2.24) is 15.6 Å². The summed E-state index contributed by atoms with van der Waals surface area (Å²) in [5.74, 6) is 1.42. The van der Waals surface area contributed by atoms with E-state index in [0.717, 1.165) is 41.3 Å². The number of benzene rings is 1. The molecule has 0 aliphatic carbocycles. The second-order valence-electron chi connectivity index (χ2n) is 7.56. The van der Waals surface area contributed by atoms with Crippen molar-refractivity contribution in [3.8, 4) is 0 Å². The molecule has 0 spiro atoms. The van der Waals surface area contributed by atoms with Crippen LogP contribution in [0.3, 0.4) is 0 Å². The van der Waals surface area contributed by atoms with Crippen LogP contribution < -0.4 is 15.5 Å². The zero-order chi connectivity index (χ0) is 21.6. The van der Waals surface area contributed by atoms with Gasteiger partial charge in [0, 0.05) is 50.7 Å². The van der Waals surface area contributed by atoms with Crippen LogP contribution in [0.25, 0.3) is 0 Å². The molecule has 0 atom stereocenters. The highest BCUT2D eigenvalue weighted by Gasteiger charge is 2.33. The molecule has 31 heavy (non-hydrogen) atoms. The minimum Gasteiger partial charge on any atom is -0.372 e. The zero-order valence-corrected chi connectivity index (χ0v) is 20.9. The molecule has 2 N–H and O–H groups in total. The molecule has 1 aliphatic rings. The summed E-state index contributed by atoms with van der Waals surface area (Å²) in [6.07, 6.45) is -1.50. The van der Waals surface area contributed by atoms with E-state index in [4.69, 9.17) is 0 Å². The third kappa shape index (κ3) is 7.81. The van der Waals surface area contributed by atoms with E-state index >= 15 is 0 Å². The molecule has 1 aromatic heterocycles. The van der Waals surface area contributed by atoms with E-state index in [1.54, 1.807) is 7.05 Å². The van der Waals surface area contributed by atoms with Gasteiger partial charge in [-0.25, -0.2) is 4.98 Å². The third-order valence-corrected chi connectivity index (χ3v) is 6.15. The number of hydrogen-bond donors (Lipinski definition) is 2. The van der Waals surface area contributed by atoms with Gasteiger partial charge in [0.05, 0.1) is 5.01 Å². The molecule has 0 unspecified atom stereocenters. The number of hydrogen-bond acceptors (Lipinski definition) is 4. The first-order valence-corrected chi connectivity index (χ1v) is 11.0. The van der Waals surface area contributed by atoms with Crippen LogP contribution in [0, 0.1) is 5.92 Å². The minimum atomic E-state index is -4.39. The number of halogens is 4. The normalized spacial score (nSPS) is 15.5. The number of nitrogens with one attached hydrogen (secondary N) is 2. The third-order valence-electron chi connectivity index (χ3n) is 5.24. The van der Waals surface area contributed by atoms with Crippen LogP contribution in [-0.2, 0) is 19.1 Å². The maximum Gasteiger partial charge on any atom is 0.434 e. The summed E-state index contributed by atoms with van der Waals surface area (Å²) in [6.45, 7) is 5.60. The van der Waals surface area contributed by atoms with Crippen molar-refractivity contribution < 1.29 is 13.2 Å². The van der Waals surface area contributed by atoms with Crippen molar-refractivity contribution in [2.45, 2.75) is 38.9 Å². The molecule has 0 bridgehead atoms. The molecule has 0 radical (unpaired) electrons. The van der Waals surface area contributed by atoms with Crippen LogP contribution in [0.5, 0.6) is 0 Å². The van der Waals surface area contributed by atoms with Crippen molar-refractivity contribution in [1.29, 1.82) is 0 Å². The highest BCUT2D eigenvalue weighted by Crippen LogP contribution is 2.30. The summed E-state index contributed by atoms with van der Waals surface area (Å²) in [5.41, 5.74) is 1.57. The SMILES string of the molecule is CN=C(NCCc1nc(C(F)(F)F)cs1)NCc1ccc(N2CCC(C)CC2)cc1.I. The van der Waals surface area contributed by atoms with Crippen LogP contribution in [-0.4, -0.2) is 37.6 Å². The first-order chi connectivity index (χ1) is 14.3. The van der Waals surface area contributed by atoms with Crippen molar-refractivity contribution in [2.75, 3.05) is 31.6 Å². The topological polar surface area (TPSA) is 52.6 Å². The summed E-state index contributed by atoms with van der Waals surface area (Å²) in [5, 5.41) is 7.86. The Morgan fingerprint density at radius 3 is 2.45 bits per heavy atom. The van der Waals surface area contributed by atoms with Crippen molar-refractivity contribution >= 4 is 47.0 Å². The zero-order valence-electron chi connectivity index (χ0n) is 17.7. The number of piperidine rings is 1. The predicted octanol–water partition coefficient (Wildman–Crippen LogP) is 4.92. The fourth-order valence-electron chi connectivity index (χ4n) is 3.34. The van der Waals surface area contributed by atoms with Gasteiger partial charge in [0.25, 0.3) is 0 Å². The molecule has 3 rings (SSSR count). The molecular formula is C21H29F3IN5S. The quantitative estimate of drug-likeness (QED) is 0.296. The van der Waals surface area contributed by atoms with Crippen molar-refractivity contribution in [3.63, 3.8) is 0 Å². The smallest absolute Gasteiger partial charge is 0.372 e. The number of rotatable bonds is 6. The largest absolute Gasteiger partial charge is 0.434 e. The summed E-state index contributed by atoms with van der Waals surface area (Å²) >= 11 is 1.02. The van der Waals surface area contributed by atoms with Crippen LogP contribution in [0.15, 0.2) is 34.6 Å². The molecular weight excluding hydrogens is 538 g/mol. The Labute approximate surface area is 202 Å². The second-order valence-corrected chi connectivity index (χ2v) is 8.51. The summed E-state index contributed by atoms with van der Waals surface area (Å²) in [6, 6.07) is 8.54. The second kappa shape index (κ2) is 11.9. The van der Waals surface area contributed by atoms with Gasteiger partial charge < -0.3 is 15.5 Å². The van der Waals surface area contributed by atoms with E-state index in [-0.39, 0.29) is 24.0 Å². The summed E-state index contributed by atoms with van der Waals surface area (Å²) in [7, 11) is 1.67. The number of alkyl halides is 3. The van der Waals surface area contributed by atoms with Crippen molar-refractivity contribution in [2.24, 2.45) is 10.9 Å². The van der Waals surface area contributed by atoms with E-state index in [9.17, 15) is 13.2 Å². The Kier molecular flexibility index (Phi) is 9.86. The monoisotopic (exact) mass is 567 g/mol. The Morgan fingerprint density at radius 1 is 1.19 bits per heavy atom. The minimum absolute atomic E-state index is 0. The molecule has 10 heteroatoms. The van der Waals surface area contributed by atoms with Crippen LogP contribution >= 0.6 is 35.3 Å². The number of aliphatic imine (C=N–C) groups is 1. The molecule has 1 aliphatic heterocycles. The van der Waals surface area contributed by atoms with Crippen LogP contribution in [0.2, 0.25) is 0 Å². The molecule has 172 valence electrons. The molecule has 0 saturated carbocycles. The molecule has 1 saturated heterocycles.